The van der Waals surface area contributed by atoms with Gasteiger partial charge in [0, 0.05) is 31.3 Å². The Morgan fingerprint density at radius 3 is 2.77 bits per heavy atom. The number of carbonyl (C=O) groups excluding carboxylic acids is 1. The summed E-state index contributed by atoms with van der Waals surface area (Å²) in [6, 6.07) is 9.10. The Labute approximate surface area is 150 Å². The summed E-state index contributed by atoms with van der Waals surface area (Å²) in [6.45, 7) is 3.00. The fourth-order valence-corrected chi connectivity index (χ4v) is 3.18. The highest BCUT2D eigenvalue weighted by molar-refractivity contribution is 5.94. The second kappa shape index (κ2) is 6.62. The molecule has 4 heterocycles. The molecule has 1 aliphatic heterocycles. The van der Waals surface area contributed by atoms with E-state index in [2.05, 4.69) is 15.2 Å². The van der Waals surface area contributed by atoms with Gasteiger partial charge >= 0.3 is 0 Å². The molecule has 1 unspecified atom stereocenters. The lowest BCUT2D eigenvalue weighted by atomic mass is 10.3. The lowest BCUT2D eigenvalue weighted by molar-refractivity contribution is 0.0763. The Kier molecular flexibility index (Phi) is 4.16. The predicted molar refractivity (Wildman–Crippen MR) is 93.4 cm³/mol. The van der Waals surface area contributed by atoms with E-state index < -0.39 is 0 Å². The normalized spacial score (nSPS) is 16.8. The Morgan fingerprint density at radius 2 is 2.00 bits per heavy atom. The van der Waals surface area contributed by atoms with Gasteiger partial charge < -0.3 is 14.4 Å². The lowest BCUT2D eigenvalue weighted by Crippen LogP contribution is -2.32. The number of pyridine rings is 1. The molecule has 0 spiro atoms. The van der Waals surface area contributed by atoms with Gasteiger partial charge in [-0.1, -0.05) is 6.07 Å². The first-order valence-corrected chi connectivity index (χ1v) is 8.43. The number of rotatable bonds is 4. The van der Waals surface area contributed by atoms with Gasteiger partial charge in [0.25, 0.3) is 5.91 Å². The minimum atomic E-state index is -0.110. The van der Waals surface area contributed by atoms with Crippen LogP contribution in [0.4, 0.5) is 0 Å². The molecular formula is C18H19N5O3. The highest BCUT2D eigenvalue weighted by Crippen LogP contribution is 2.21. The van der Waals surface area contributed by atoms with Crippen LogP contribution in [-0.2, 0) is 0 Å². The van der Waals surface area contributed by atoms with E-state index in [4.69, 9.17) is 9.47 Å². The smallest absolute Gasteiger partial charge is 0.272 e. The van der Waals surface area contributed by atoms with Gasteiger partial charge in [-0.3, -0.25) is 9.20 Å². The van der Waals surface area contributed by atoms with Gasteiger partial charge in [0.15, 0.2) is 0 Å². The van der Waals surface area contributed by atoms with E-state index in [1.54, 1.807) is 17.0 Å². The number of likely N-dealkylation sites (tertiary alicyclic amines) is 1. The quantitative estimate of drug-likeness (QED) is 0.710. The van der Waals surface area contributed by atoms with Crippen LogP contribution in [0.3, 0.4) is 0 Å². The van der Waals surface area contributed by atoms with Crippen molar-refractivity contribution in [2.75, 3.05) is 20.2 Å². The van der Waals surface area contributed by atoms with Gasteiger partial charge in [0.2, 0.25) is 11.8 Å². The number of nitrogens with zero attached hydrogens (tertiary/aromatic N) is 5. The second-order valence-corrected chi connectivity index (χ2v) is 6.17. The first-order chi connectivity index (χ1) is 12.7. The number of fused-ring (bicyclic) bond motifs is 1. The third-order valence-corrected chi connectivity index (χ3v) is 4.45. The maximum Gasteiger partial charge on any atom is 0.272 e. The molecule has 1 amide bonds. The number of hydrogen-bond acceptors (Lipinski definition) is 6. The highest BCUT2D eigenvalue weighted by atomic mass is 16.5. The molecular weight excluding hydrogens is 334 g/mol. The molecule has 0 radical (unpaired) electrons. The van der Waals surface area contributed by atoms with E-state index in [0.29, 0.717) is 30.5 Å². The molecule has 4 rings (SSSR count). The van der Waals surface area contributed by atoms with Crippen molar-refractivity contribution in [1.82, 2.24) is 24.5 Å². The molecule has 0 aliphatic carbocycles. The second-order valence-electron chi connectivity index (χ2n) is 6.17. The molecule has 3 aromatic heterocycles. The van der Waals surface area contributed by atoms with Crippen LogP contribution in [0.5, 0.6) is 11.8 Å². The summed E-state index contributed by atoms with van der Waals surface area (Å²) in [7, 11) is 1.53. The van der Waals surface area contributed by atoms with E-state index >= 15 is 0 Å². The van der Waals surface area contributed by atoms with Crippen molar-refractivity contribution < 1.29 is 14.3 Å². The summed E-state index contributed by atoms with van der Waals surface area (Å²) in [5.41, 5.74) is 2.10. The monoisotopic (exact) mass is 353 g/mol. The van der Waals surface area contributed by atoms with Crippen LogP contribution in [0, 0.1) is 6.92 Å². The molecule has 0 saturated carbocycles. The maximum atomic E-state index is 13.0. The zero-order chi connectivity index (χ0) is 18.1. The fourth-order valence-electron chi connectivity index (χ4n) is 3.18. The maximum absolute atomic E-state index is 13.0. The average Bonchev–Trinajstić information content (AvgIpc) is 3.25. The van der Waals surface area contributed by atoms with E-state index in [1.807, 2.05) is 35.7 Å². The molecule has 0 bridgehead atoms. The molecule has 26 heavy (non-hydrogen) atoms. The van der Waals surface area contributed by atoms with Gasteiger partial charge in [0.1, 0.15) is 17.4 Å². The van der Waals surface area contributed by atoms with Gasteiger partial charge in [-0.05, 0) is 19.1 Å². The first kappa shape index (κ1) is 16.3. The number of amides is 1. The SMILES string of the molecule is COc1ccc(OC2CCN(C(=O)c3c(C)nc4ccccn34)C2)nn1. The van der Waals surface area contributed by atoms with Crippen LogP contribution >= 0.6 is 0 Å². The van der Waals surface area contributed by atoms with E-state index in [0.717, 1.165) is 17.8 Å². The summed E-state index contributed by atoms with van der Waals surface area (Å²) < 4.78 is 12.7. The predicted octanol–water partition coefficient (Wildman–Crippen LogP) is 1.73. The molecule has 0 N–H and O–H groups in total. The lowest BCUT2D eigenvalue weighted by Gasteiger charge is -2.17. The first-order valence-electron chi connectivity index (χ1n) is 8.43. The van der Waals surface area contributed by atoms with E-state index in [-0.39, 0.29) is 12.0 Å². The summed E-state index contributed by atoms with van der Waals surface area (Å²) in [5.74, 6) is 0.827. The van der Waals surface area contributed by atoms with Gasteiger partial charge in [-0.15, -0.1) is 10.2 Å². The Morgan fingerprint density at radius 1 is 1.19 bits per heavy atom. The van der Waals surface area contributed by atoms with Crippen LogP contribution < -0.4 is 9.47 Å². The van der Waals surface area contributed by atoms with Crippen molar-refractivity contribution in [3.05, 3.63) is 47.9 Å². The zero-order valence-electron chi connectivity index (χ0n) is 14.6. The number of carbonyl (C=O) groups is 1. The summed E-state index contributed by atoms with van der Waals surface area (Å²) in [5, 5.41) is 7.86. The average molecular weight is 353 g/mol. The molecule has 8 heteroatoms. The number of aryl methyl sites for hydroxylation is 1. The number of aromatic nitrogens is 4. The van der Waals surface area contributed by atoms with E-state index in [9.17, 15) is 4.79 Å². The largest absolute Gasteiger partial charge is 0.480 e. The number of methoxy groups -OCH3 is 1. The molecule has 1 atom stereocenters. The molecule has 8 nitrogen and oxygen atoms in total. The van der Waals surface area contributed by atoms with Crippen LogP contribution in [-0.4, -0.2) is 56.7 Å². The van der Waals surface area contributed by atoms with Crippen molar-refractivity contribution in [2.45, 2.75) is 19.4 Å². The fraction of sp³-hybridized carbons (Fsp3) is 0.333. The number of imidazole rings is 1. The van der Waals surface area contributed by atoms with Crippen molar-refractivity contribution in [1.29, 1.82) is 0 Å². The number of ether oxygens (including phenoxy) is 2. The minimum absolute atomic E-state index is 0.0342. The van der Waals surface area contributed by atoms with Crippen LogP contribution in [0.1, 0.15) is 22.6 Å². The summed E-state index contributed by atoms with van der Waals surface area (Å²) in [6.07, 6.45) is 2.50. The van der Waals surface area contributed by atoms with Gasteiger partial charge in [0.05, 0.1) is 19.3 Å². The van der Waals surface area contributed by atoms with Gasteiger partial charge in [-0.2, -0.15) is 0 Å². The van der Waals surface area contributed by atoms with Crippen molar-refractivity contribution in [3.63, 3.8) is 0 Å². The van der Waals surface area contributed by atoms with Crippen LogP contribution in [0.15, 0.2) is 36.5 Å². The molecule has 3 aromatic rings. The van der Waals surface area contributed by atoms with Crippen molar-refractivity contribution >= 4 is 11.6 Å². The van der Waals surface area contributed by atoms with Crippen molar-refractivity contribution in [3.8, 4) is 11.8 Å². The molecule has 0 aromatic carbocycles. The third-order valence-electron chi connectivity index (χ3n) is 4.45. The van der Waals surface area contributed by atoms with Crippen LogP contribution in [0.2, 0.25) is 0 Å². The van der Waals surface area contributed by atoms with E-state index in [1.165, 1.54) is 7.11 Å². The standard InChI is InChI=1S/C18H19N5O3/c1-12-17(23-9-4-3-5-14(23)19-12)18(24)22-10-8-13(11-22)26-16-7-6-15(25-2)20-21-16/h3-7,9,13H,8,10-11H2,1-2H3. The number of hydrogen-bond donors (Lipinski definition) is 0. The Bertz CT molecular complexity index is 938. The molecule has 1 fully saturated rings. The molecule has 1 saturated heterocycles. The summed E-state index contributed by atoms with van der Waals surface area (Å²) >= 11 is 0. The van der Waals surface area contributed by atoms with Crippen molar-refractivity contribution in [2.24, 2.45) is 0 Å². The third kappa shape index (κ3) is 2.94. The van der Waals surface area contributed by atoms with Crippen LogP contribution in [0.25, 0.3) is 5.65 Å². The molecule has 134 valence electrons. The highest BCUT2D eigenvalue weighted by Gasteiger charge is 2.31. The Hall–Kier alpha value is -3.16. The molecule has 1 aliphatic rings. The summed E-state index contributed by atoms with van der Waals surface area (Å²) in [4.78, 5) is 19.2. The Balaban J connectivity index is 1.47. The minimum Gasteiger partial charge on any atom is -0.480 e. The topological polar surface area (TPSA) is 81.9 Å². The van der Waals surface area contributed by atoms with Gasteiger partial charge in [-0.25, -0.2) is 4.98 Å². The zero-order valence-corrected chi connectivity index (χ0v) is 14.6.